The van der Waals surface area contributed by atoms with Gasteiger partial charge in [0.1, 0.15) is 5.75 Å². The molecular weight excluding hydrogens is 286 g/mol. The predicted octanol–water partition coefficient (Wildman–Crippen LogP) is 3.92. The van der Waals surface area contributed by atoms with Crippen molar-refractivity contribution in [3.05, 3.63) is 34.7 Å². The molecule has 0 saturated carbocycles. The van der Waals surface area contributed by atoms with E-state index in [0.29, 0.717) is 18.1 Å². The molecule has 2 rings (SSSR count). The van der Waals surface area contributed by atoms with Crippen molar-refractivity contribution in [3.63, 3.8) is 0 Å². The zero-order chi connectivity index (χ0) is 15.2. The van der Waals surface area contributed by atoms with Gasteiger partial charge in [-0.05, 0) is 48.4 Å². The van der Waals surface area contributed by atoms with Crippen LogP contribution in [0.3, 0.4) is 0 Å². The summed E-state index contributed by atoms with van der Waals surface area (Å²) in [5.74, 6) is 0.617. The number of ether oxygens (including phenoxy) is 1. The zero-order valence-corrected chi connectivity index (χ0v) is 13.1. The summed E-state index contributed by atoms with van der Waals surface area (Å²) >= 11 is 1.00. The van der Waals surface area contributed by atoms with Crippen LogP contribution in [0, 0.1) is 0 Å². The van der Waals surface area contributed by atoms with Gasteiger partial charge < -0.3 is 4.74 Å². The van der Waals surface area contributed by atoms with E-state index in [2.05, 4.69) is 6.92 Å². The highest BCUT2D eigenvalue weighted by atomic mass is 32.2. The zero-order valence-electron chi connectivity index (χ0n) is 12.3. The fraction of sp³-hybridized carbons (Fsp3) is 0.375. The number of thioether (sulfide) groups is 1. The molecule has 4 nitrogen and oxygen atoms in total. The van der Waals surface area contributed by atoms with E-state index in [4.69, 9.17) is 4.74 Å². The number of hydrogen-bond donors (Lipinski definition) is 0. The van der Waals surface area contributed by atoms with Crippen molar-refractivity contribution in [2.24, 2.45) is 0 Å². The summed E-state index contributed by atoms with van der Waals surface area (Å²) in [7, 11) is 0. The number of carbonyl (C=O) groups excluding carboxylic acids is 2. The van der Waals surface area contributed by atoms with Crippen molar-refractivity contribution in [1.29, 1.82) is 0 Å². The largest absolute Gasteiger partial charge is 0.494 e. The first-order chi connectivity index (χ1) is 10.2. The fourth-order valence-corrected chi connectivity index (χ4v) is 2.81. The van der Waals surface area contributed by atoms with Crippen LogP contribution in [0.5, 0.6) is 5.75 Å². The van der Waals surface area contributed by atoms with E-state index in [0.717, 1.165) is 35.9 Å². The second kappa shape index (κ2) is 7.31. The number of benzene rings is 1. The molecule has 0 unspecified atom stereocenters. The smallest absolute Gasteiger partial charge is 0.293 e. The van der Waals surface area contributed by atoms with Gasteiger partial charge >= 0.3 is 0 Å². The van der Waals surface area contributed by atoms with E-state index < -0.39 is 0 Å². The molecule has 0 aromatic heterocycles. The van der Waals surface area contributed by atoms with Crippen LogP contribution in [0.1, 0.15) is 32.3 Å². The summed E-state index contributed by atoms with van der Waals surface area (Å²) in [6.07, 6.45) is 3.49. The average Bonchev–Trinajstić information content (AvgIpc) is 2.75. The van der Waals surface area contributed by atoms with Crippen LogP contribution in [-0.2, 0) is 4.79 Å². The van der Waals surface area contributed by atoms with Crippen LogP contribution in [0.15, 0.2) is 29.2 Å². The van der Waals surface area contributed by atoms with Crippen LogP contribution in [-0.4, -0.2) is 29.2 Å². The normalized spacial score (nSPS) is 16.9. The summed E-state index contributed by atoms with van der Waals surface area (Å²) < 4.78 is 5.51. The molecule has 21 heavy (non-hydrogen) atoms. The van der Waals surface area contributed by atoms with E-state index in [1.165, 1.54) is 4.90 Å². The lowest BCUT2D eigenvalue weighted by molar-refractivity contribution is -0.122. The van der Waals surface area contributed by atoms with Gasteiger partial charge in [-0.15, -0.1) is 0 Å². The first kappa shape index (κ1) is 15.6. The molecule has 5 heteroatoms. The Balaban J connectivity index is 2.09. The molecule has 0 aliphatic carbocycles. The average molecular weight is 305 g/mol. The van der Waals surface area contributed by atoms with Crippen LogP contribution < -0.4 is 4.74 Å². The highest BCUT2D eigenvalue weighted by Crippen LogP contribution is 2.32. The maximum Gasteiger partial charge on any atom is 0.293 e. The second-order valence-electron chi connectivity index (χ2n) is 4.75. The van der Waals surface area contributed by atoms with Gasteiger partial charge in [0.05, 0.1) is 11.5 Å². The summed E-state index contributed by atoms with van der Waals surface area (Å²) in [4.78, 5) is 25.6. The van der Waals surface area contributed by atoms with Crippen molar-refractivity contribution in [2.75, 3.05) is 13.2 Å². The Labute approximate surface area is 129 Å². The van der Waals surface area contributed by atoms with Gasteiger partial charge in [-0.1, -0.05) is 26.0 Å². The number of imide groups is 1. The molecule has 0 atom stereocenters. The molecule has 1 heterocycles. The SMILES string of the molecule is CCCOc1ccc(/C=C2\SC(=O)N(CCC)C2=O)cc1. The summed E-state index contributed by atoms with van der Waals surface area (Å²) in [5, 5.41) is -0.184. The second-order valence-corrected chi connectivity index (χ2v) is 5.74. The van der Waals surface area contributed by atoms with Crippen LogP contribution in [0.2, 0.25) is 0 Å². The summed E-state index contributed by atoms with van der Waals surface area (Å²) in [5.41, 5.74) is 0.890. The van der Waals surface area contributed by atoms with Crippen molar-refractivity contribution in [2.45, 2.75) is 26.7 Å². The Morgan fingerprint density at radius 1 is 1.14 bits per heavy atom. The molecule has 2 amide bonds. The molecule has 0 N–H and O–H groups in total. The first-order valence-corrected chi connectivity index (χ1v) is 7.95. The van der Waals surface area contributed by atoms with Crippen LogP contribution in [0.25, 0.3) is 6.08 Å². The van der Waals surface area contributed by atoms with E-state index in [1.54, 1.807) is 6.08 Å². The number of amides is 2. The molecule has 112 valence electrons. The minimum Gasteiger partial charge on any atom is -0.494 e. The first-order valence-electron chi connectivity index (χ1n) is 7.14. The van der Waals surface area contributed by atoms with Gasteiger partial charge in [-0.2, -0.15) is 0 Å². The Kier molecular flexibility index (Phi) is 5.44. The predicted molar refractivity (Wildman–Crippen MR) is 85.2 cm³/mol. The van der Waals surface area contributed by atoms with E-state index >= 15 is 0 Å². The van der Waals surface area contributed by atoms with E-state index in [9.17, 15) is 9.59 Å². The third kappa shape index (κ3) is 3.88. The lowest BCUT2D eigenvalue weighted by Gasteiger charge is -2.09. The van der Waals surface area contributed by atoms with Crippen molar-refractivity contribution in [3.8, 4) is 5.75 Å². The highest BCUT2D eigenvalue weighted by molar-refractivity contribution is 8.18. The Morgan fingerprint density at radius 3 is 2.48 bits per heavy atom. The van der Waals surface area contributed by atoms with Crippen LogP contribution in [0.4, 0.5) is 4.79 Å². The number of carbonyl (C=O) groups is 2. The summed E-state index contributed by atoms with van der Waals surface area (Å²) in [6, 6.07) is 7.52. The topological polar surface area (TPSA) is 46.6 Å². The number of hydrogen-bond acceptors (Lipinski definition) is 4. The molecule has 0 bridgehead atoms. The molecule has 1 aromatic carbocycles. The molecule has 1 aliphatic heterocycles. The molecule has 0 radical (unpaired) electrons. The lowest BCUT2D eigenvalue weighted by Crippen LogP contribution is -2.28. The molecule has 1 saturated heterocycles. The summed E-state index contributed by atoms with van der Waals surface area (Å²) in [6.45, 7) is 5.17. The minimum absolute atomic E-state index is 0.184. The van der Waals surface area contributed by atoms with Gasteiger partial charge in [0.25, 0.3) is 11.1 Å². The fourth-order valence-electron chi connectivity index (χ4n) is 1.95. The van der Waals surface area contributed by atoms with E-state index in [-0.39, 0.29) is 11.1 Å². The standard InChI is InChI=1S/C16H19NO3S/c1-3-9-17-15(18)14(21-16(17)19)11-12-5-7-13(8-6-12)20-10-4-2/h5-8,11H,3-4,9-10H2,1-2H3/b14-11-. The Morgan fingerprint density at radius 2 is 1.86 bits per heavy atom. The van der Waals surface area contributed by atoms with Gasteiger partial charge in [0.2, 0.25) is 0 Å². The number of nitrogens with zero attached hydrogens (tertiary/aromatic N) is 1. The highest BCUT2D eigenvalue weighted by Gasteiger charge is 2.34. The Hall–Kier alpha value is -1.75. The van der Waals surface area contributed by atoms with Gasteiger partial charge in [0, 0.05) is 6.54 Å². The maximum absolute atomic E-state index is 12.1. The maximum atomic E-state index is 12.1. The quantitative estimate of drug-likeness (QED) is 0.747. The molecular formula is C16H19NO3S. The lowest BCUT2D eigenvalue weighted by atomic mass is 10.2. The number of rotatable bonds is 6. The van der Waals surface area contributed by atoms with Crippen molar-refractivity contribution in [1.82, 2.24) is 4.90 Å². The monoisotopic (exact) mass is 305 g/mol. The third-order valence-electron chi connectivity index (χ3n) is 2.97. The van der Waals surface area contributed by atoms with Crippen molar-refractivity contribution >= 4 is 29.0 Å². The van der Waals surface area contributed by atoms with E-state index in [1.807, 2.05) is 31.2 Å². The Bertz CT molecular complexity index is 551. The van der Waals surface area contributed by atoms with Crippen molar-refractivity contribution < 1.29 is 14.3 Å². The molecule has 1 fully saturated rings. The third-order valence-corrected chi connectivity index (χ3v) is 3.88. The van der Waals surface area contributed by atoms with Gasteiger partial charge in [0.15, 0.2) is 0 Å². The minimum atomic E-state index is -0.196. The van der Waals surface area contributed by atoms with Crippen LogP contribution >= 0.6 is 11.8 Å². The van der Waals surface area contributed by atoms with Gasteiger partial charge in [-0.25, -0.2) is 0 Å². The van der Waals surface area contributed by atoms with Gasteiger partial charge in [-0.3, -0.25) is 14.5 Å². The molecule has 0 spiro atoms. The molecule has 1 aliphatic rings. The molecule has 1 aromatic rings.